The fourth-order valence-electron chi connectivity index (χ4n) is 5.41. The Labute approximate surface area is 237 Å². The van der Waals surface area contributed by atoms with Crippen molar-refractivity contribution in [2.45, 2.75) is 84.5 Å². The SMILES string of the molecule is Cc1c(C(=O)N[C@H](C(=O)[N+]2(C(=O)N[C@@H](C(C)C)C(O)(O)C(F)(F)F)CCC[C@H]2C)C(C)C)cnn1-c1ccccc1. The molecule has 226 valence electrons. The topological polar surface area (TPSA) is 134 Å². The van der Waals surface area contributed by atoms with Crippen molar-refractivity contribution >= 4 is 17.8 Å². The van der Waals surface area contributed by atoms with E-state index in [0.717, 1.165) is 5.69 Å². The minimum Gasteiger partial charge on any atom is -0.357 e. The number of quaternary nitrogens is 1. The quantitative estimate of drug-likeness (QED) is 0.279. The smallest absolute Gasteiger partial charge is 0.357 e. The van der Waals surface area contributed by atoms with Gasteiger partial charge in [0, 0.05) is 12.8 Å². The molecule has 4 atom stereocenters. The molecule has 2 aromatic rings. The van der Waals surface area contributed by atoms with E-state index in [9.17, 15) is 37.8 Å². The van der Waals surface area contributed by atoms with E-state index in [-0.39, 0.29) is 12.1 Å². The van der Waals surface area contributed by atoms with E-state index in [0.29, 0.717) is 18.5 Å². The molecular weight excluding hydrogens is 543 g/mol. The van der Waals surface area contributed by atoms with Gasteiger partial charge in [-0.05, 0) is 37.8 Å². The largest absolute Gasteiger partial charge is 0.445 e. The molecule has 2 heterocycles. The molecule has 1 saturated heterocycles. The van der Waals surface area contributed by atoms with Gasteiger partial charge in [0.1, 0.15) is 12.1 Å². The molecule has 4 N–H and O–H groups in total. The highest BCUT2D eigenvalue weighted by Gasteiger charge is 2.62. The Morgan fingerprint density at radius 1 is 1.05 bits per heavy atom. The van der Waals surface area contributed by atoms with Crippen LogP contribution in [0.1, 0.15) is 63.5 Å². The molecule has 0 bridgehead atoms. The Bertz CT molecular complexity index is 1260. The molecule has 4 amide bonds. The summed E-state index contributed by atoms with van der Waals surface area (Å²) in [6.07, 6.45) is -3.23. The molecule has 0 radical (unpaired) electrons. The van der Waals surface area contributed by atoms with Crippen LogP contribution < -0.4 is 10.6 Å². The highest BCUT2D eigenvalue weighted by atomic mass is 19.4. The van der Waals surface area contributed by atoms with Crippen LogP contribution in [0.3, 0.4) is 0 Å². The van der Waals surface area contributed by atoms with Crippen LogP contribution in [-0.2, 0) is 4.79 Å². The van der Waals surface area contributed by atoms with E-state index in [4.69, 9.17) is 0 Å². The Morgan fingerprint density at radius 3 is 2.15 bits per heavy atom. The molecule has 1 unspecified atom stereocenters. The first kappa shape index (κ1) is 32.2. The number of nitrogens with one attached hydrogen (secondary N) is 2. The molecule has 1 aliphatic rings. The number of hydrogen-bond acceptors (Lipinski definition) is 6. The van der Waals surface area contributed by atoms with Crippen LogP contribution in [0, 0.1) is 18.8 Å². The molecule has 1 aromatic heterocycles. The average molecular weight is 583 g/mol. The second kappa shape index (κ2) is 11.9. The second-order valence-corrected chi connectivity index (χ2v) is 11.4. The summed E-state index contributed by atoms with van der Waals surface area (Å²) in [7, 11) is 0. The van der Waals surface area contributed by atoms with E-state index < -0.39 is 64.3 Å². The van der Waals surface area contributed by atoms with E-state index in [1.54, 1.807) is 32.4 Å². The maximum absolute atomic E-state index is 14.2. The number of imide groups is 1. The molecule has 41 heavy (non-hydrogen) atoms. The van der Waals surface area contributed by atoms with Crippen molar-refractivity contribution in [2.24, 2.45) is 11.8 Å². The van der Waals surface area contributed by atoms with Gasteiger partial charge in [0.25, 0.3) is 11.7 Å². The number of aliphatic hydroxyl groups is 2. The first-order valence-electron chi connectivity index (χ1n) is 13.6. The summed E-state index contributed by atoms with van der Waals surface area (Å²) in [6, 6.07) is 4.09. The van der Waals surface area contributed by atoms with Crippen molar-refractivity contribution in [3.63, 3.8) is 0 Å². The number of likely N-dealkylation sites (tertiary alicyclic amines) is 1. The third kappa shape index (κ3) is 6.02. The fourth-order valence-corrected chi connectivity index (χ4v) is 5.41. The first-order valence-corrected chi connectivity index (χ1v) is 13.6. The number of carbonyl (C=O) groups is 3. The Morgan fingerprint density at radius 2 is 1.66 bits per heavy atom. The molecule has 10 nitrogen and oxygen atoms in total. The van der Waals surface area contributed by atoms with Crippen molar-refractivity contribution in [1.29, 1.82) is 0 Å². The van der Waals surface area contributed by atoms with E-state index >= 15 is 0 Å². The maximum Gasteiger partial charge on any atom is 0.445 e. The number of rotatable bonds is 8. The van der Waals surface area contributed by atoms with Gasteiger partial charge < -0.3 is 15.5 Å². The second-order valence-electron chi connectivity index (χ2n) is 11.4. The summed E-state index contributed by atoms with van der Waals surface area (Å²) >= 11 is 0. The normalized spacial score (nSPS) is 21.1. The average Bonchev–Trinajstić information content (AvgIpc) is 3.47. The monoisotopic (exact) mass is 582 g/mol. The molecule has 1 aromatic carbocycles. The Hall–Kier alpha value is -3.29. The summed E-state index contributed by atoms with van der Waals surface area (Å²) in [5.74, 6) is -7.05. The van der Waals surface area contributed by atoms with Gasteiger partial charge in [-0.2, -0.15) is 22.8 Å². The van der Waals surface area contributed by atoms with Gasteiger partial charge in [0.2, 0.25) is 0 Å². The summed E-state index contributed by atoms with van der Waals surface area (Å²) in [6.45, 7) is 9.29. The maximum atomic E-state index is 14.2. The highest BCUT2D eigenvalue weighted by molar-refractivity contribution is 5.98. The molecule has 13 heteroatoms. The summed E-state index contributed by atoms with van der Waals surface area (Å²) in [5.41, 5.74) is 1.47. The first-order chi connectivity index (χ1) is 19.0. The number of alkyl halides is 3. The predicted molar refractivity (Wildman–Crippen MR) is 144 cm³/mol. The van der Waals surface area contributed by atoms with Crippen molar-refractivity contribution in [2.75, 3.05) is 6.54 Å². The lowest BCUT2D eigenvalue weighted by Crippen LogP contribution is -2.72. The van der Waals surface area contributed by atoms with Crippen LogP contribution in [0.4, 0.5) is 18.0 Å². The van der Waals surface area contributed by atoms with E-state index in [1.165, 1.54) is 20.0 Å². The lowest BCUT2D eigenvalue weighted by molar-refractivity contribution is -0.786. The number of halogens is 3. The Kier molecular flexibility index (Phi) is 9.36. The number of carbonyl (C=O) groups excluding carboxylic acids is 3. The van der Waals surface area contributed by atoms with E-state index in [2.05, 4.69) is 15.7 Å². The van der Waals surface area contributed by atoms with Crippen LogP contribution >= 0.6 is 0 Å². The van der Waals surface area contributed by atoms with Crippen LogP contribution in [0.5, 0.6) is 0 Å². The van der Waals surface area contributed by atoms with Crippen LogP contribution in [0.2, 0.25) is 0 Å². The lowest BCUT2D eigenvalue weighted by Gasteiger charge is -2.40. The van der Waals surface area contributed by atoms with Crippen LogP contribution in [0.25, 0.3) is 5.69 Å². The van der Waals surface area contributed by atoms with E-state index in [1.807, 2.05) is 30.3 Å². The fraction of sp³-hybridized carbons (Fsp3) is 0.571. The zero-order valence-electron chi connectivity index (χ0n) is 24.1. The van der Waals surface area contributed by atoms with Gasteiger partial charge in [-0.3, -0.25) is 10.1 Å². The summed E-state index contributed by atoms with van der Waals surface area (Å²) in [4.78, 5) is 41.3. The standard InChI is InChI=1S/C28H38F3N5O5/c1-16(2)22(33-24(37)21-15-32-35(19(21)6)20-12-8-7-9-13-20)25(38)36(14-10-11-18(36)5)26(39)34-23(17(3)4)27(40,41)28(29,30)31/h7-9,12-13,15-18,22-23,40-41H,10-11,14H2,1-6H3,(H-,33,34,37,39)/p+1/t18-,22+,23+,36?/m1/s1. The van der Waals surface area contributed by atoms with Gasteiger partial charge in [0.05, 0.1) is 35.7 Å². The van der Waals surface area contributed by atoms with Gasteiger partial charge in [-0.1, -0.05) is 45.9 Å². The zero-order valence-corrected chi connectivity index (χ0v) is 24.1. The van der Waals surface area contributed by atoms with Gasteiger partial charge >= 0.3 is 18.1 Å². The molecule has 0 spiro atoms. The number of urea groups is 1. The number of para-hydroxylation sites is 1. The molecule has 1 fully saturated rings. The number of aromatic nitrogens is 2. The number of amides is 4. The minimum absolute atomic E-state index is 0.0173. The molecule has 3 rings (SSSR count). The number of nitrogens with zero attached hydrogens (tertiary/aromatic N) is 3. The zero-order chi connectivity index (χ0) is 30.9. The van der Waals surface area contributed by atoms with Crippen LogP contribution in [0.15, 0.2) is 36.5 Å². The van der Waals surface area contributed by atoms with Gasteiger partial charge in [-0.15, -0.1) is 0 Å². The molecule has 0 aliphatic carbocycles. The van der Waals surface area contributed by atoms with Crippen molar-refractivity contribution in [1.82, 2.24) is 20.4 Å². The molecule has 0 saturated carbocycles. The van der Waals surface area contributed by atoms with Crippen molar-refractivity contribution in [3.05, 3.63) is 47.8 Å². The van der Waals surface area contributed by atoms with Gasteiger partial charge in [0.15, 0.2) is 0 Å². The Balaban J connectivity index is 1.94. The predicted octanol–water partition coefficient (Wildman–Crippen LogP) is 3.44. The summed E-state index contributed by atoms with van der Waals surface area (Å²) in [5, 5.41) is 29.1. The number of benzene rings is 1. The third-order valence-corrected chi connectivity index (χ3v) is 7.91. The number of hydrogen-bond donors (Lipinski definition) is 4. The van der Waals surface area contributed by atoms with Gasteiger partial charge in [-0.25, -0.2) is 14.3 Å². The van der Waals surface area contributed by atoms with Crippen LogP contribution in [-0.4, -0.2) is 79.0 Å². The molecular formula is C28H39F3N5O5+. The molecule has 1 aliphatic heterocycles. The summed E-state index contributed by atoms with van der Waals surface area (Å²) < 4.78 is 41.2. The highest BCUT2D eigenvalue weighted by Crippen LogP contribution is 2.35. The minimum atomic E-state index is -5.46. The third-order valence-electron chi connectivity index (χ3n) is 7.91. The van der Waals surface area contributed by atoms with Crippen molar-refractivity contribution in [3.8, 4) is 5.69 Å². The van der Waals surface area contributed by atoms with Crippen molar-refractivity contribution < 1.29 is 42.3 Å². The lowest BCUT2D eigenvalue weighted by atomic mass is 9.94.